The molecule has 21 heavy (non-hydrogen) atoms. The number of nitrogens with two attached hydrogens (primary N) is 1. The Morgan fingerprint density at radius 2 is 2.24 bits per heavy atom. The normalized spacial score (nSPS) is 33.2. The fraction of sp³-hybridized carbons (Fsp3) is 0.533. The van der Waals surface area contributed by atoms with E-state index in [1.165, 1.54) is 0 Å². The summed E-state index contributed by atoms with van der Waals surface area (Å²) in [6.45, 7) is 4.67. The average Bonchev–Trinajstić information content (AvgIpc) is 2.90. The zero-order chi connectivity index (χ0) is 15.4. The molecule has 4 nitrogen and oxygen atoms in total. The molecule has 1 aliphatic heterocycles. The van der Waals surface area contributed by atoms with Gasteiger partial charge in [0.25, 0.3) is 0 Å². The monoisotopic (exact) mass is 372 g/mol. The Morgan fingerprint density at radius 3 is 2.90 bits per heavy atom. The Morgan fingerprint density at radius 1 is 1.52 bits per heavy atom. The van der Waals surface area contributed by atoms with Crippen molar-refractivity contribution in [2.45, 2.75) is 31.9 Å². The third-order valence-corrected chi connectivity index (χ3v) is 6.22. The summed E-state index contributed by atoms with van der Waals surface area (Å²) in [5.74, 6) is -0.0725. The van der Waals surface area contributed by atoms with E-state index in [0.717, 1.165) is 10.9 Å². The number of ether oxygens (including phenoxy) is 1. The van der Waals surface area contributed by atoms with Crippen LogP contribution in [0.4, 0.5) is 5.69 Å². The van der Waals surface area contributed by atoms with Crippen LogP contribution in [0.2, 0.25) is 5.02 Å². The van der Waals surface area contributed by atoms with Gasteiger partial charge in [0.1, 0.15) is 5.54 Å². The van der Waals surface area contributed by atoms with E-state index in [1.807, 2.05) is 13.8 Å². The highest BCUT2D eigenvalue weighted by molar-refractivity contribution is 9.10. The van der Waals surface area contributed by atoms with E-state index in [4.69, 9.17) is 22.1 Å². The molecule has 1 amide bonds. The quantitative estimate of drug-likeness (QED) is 0.837. The molecule has 3 rings (SSSR count). The minimum atomic E-state index is -0.903. The van der Waals surface area contributed by atoms with E-state index in [2.05, 4.69) is 21.2 Å². The van der Waals surface area contributed by atoms with Crippen molar-refractivity contribution in [3.63, 3.8) is 0 Å². The number of anilines is 1. The van der Waals surface area contributed by atoms with E-state index in [0.29, 0.717) is 17.3 Å². The van der Waals surface area contributed by atoms with Crippen LogP contribution in [-0.2, 0) is 9.53 Å². The number of carbonyl (C=O) groups is 1. The number of hydrogen-bond acceptors (Lipinski definition) is 3. The first-order valence-electron chi connectivity index (χ1n) is 6.95. The maximum Gasteiger partial charge on any atom is 0.245 e. The smallest absolute Gasteiger partial charge is 0.245 e. The Hall–Kier alpha value is -0.620. The first-order valence-corrected chi connectivity index (χ1v) is 8.12. The second-order valence-electron chi connectivity index (χ2n) is 6.36. The highest BCUT2D eigenvalue weighted by Crippen LogP contribution is 2.58. The number of nitrogens with one attached hydrogen (secondary N) is 1. The molecule has 2 aliphatic rings. The van der Waals surface area contributed by atoms with Gasteiger partial charge in [0.15, 0.2) is 0 Å². The first kappa shape index (κ1) is 15.3. The van der Waals surface area contributed by atoms with Gasteiger partial charge in [-0.1, -0.05) is 25.4 Å². The van der Waals surface area contributed by atoms with Gasteiger partial charge in [-0.15, -0.1) is 0 Å². The lowest BCUT2D eigenvalue weighted by Crippen LogP contribution is -2.79. The molecule has 114 valence electrons. The number of hydrogen-bond donors (Lipinski definition) is 2. The largest absolute Gasteiger partial charge is 0.377 e. The van der Waals surface area contributed by atoms with Crippen molar-refractivity contribution in [3.8, 4) is 0 Å². The van der Waals surface area contributed by atoms with Crippen molar-refractivity contribution >= 4 is 39.1 Å². The highest BCUT2D eigenvalue weighted by Gasteiger charge is 2.71. The molecule has 0 spiro atoms. The third-order valence-electron chi connectivity index (χ3n) is 5.01. The predicted molar refractivity (Wildman–Crippen MR) is 86.3 cm³/mol. The van der Waals surface area contributed by atoms with Crippen molar-refractivity contribution in [1.82, 2.24) is 0 Å². The standard InChI is InChI=1S/C15H18BrClN2O2/c1-14(2)12-9(5-6-21-12)15(14,18)13(20)19-8-3-4-11(17)10(16)7-8/h3-4,7,9,12H,5-6,18H2,1-2H3,(H,19,20). The van der Waals surface area contributed by atoms with Crippen LogP contribution in [0.5, 0.6) is 0 Å². The van der Waals surface area contributed by atoms with E-state index < -0.39 is 5.54 Å². The summed E-state index contributed by atoms with van der Waals surface area (Å²) in [4.78, 5) is 12.7. The summed E-state index contributed by atoms with van der Waals surface area (Å²) in [5, 5.41) is 3.51. The summed E-state index contributed by atoms with van der Waals surface area (Å²) in [6, 6.07) is 5.28. The van der Waals surface area contributed by atoms with Crippen LogP contribution >= 0.6 is 27.5 Å². The van der Waals surface area contributed by atoms with Crippen LogP contribution in [0.1, 0.15) is 20.3 Å². The van der Waals surface area contributed by atoms with Crippen molar-refractivity contribution in [3.05, 3.63) is 27.7 Å². The lowest BCUT2D eigenvalue weighted by Gasteiger charge is -2.60. The van der Waals surface area contributed by atoms with Crippen molar-refractivity contribution in [1.29, 1.82) is 0 Å². The molecule has 1 aromatic carbocycles. The Balaban J connectivity index is 1.83. The summed E-state index contributed by atoms with van der Waals surface area (Å²) in [6.07, 6.45) is 0.910. The third kappa shape index (κ3) is 2.05. The van der Waals surface area contributed by atoms with E-state index in [1.54, 1.807) is 18.2 Å². The maximum absolute atomic E-state index is 12.7. The van der Waals surface area contributed by atoms with Crippen LogP contribution < -0.4 is 11.1 Å². The van der Waals surface area contributed by atoms with Crippen LogP contribution in [0, 0.1) is 11.3 Å². The van der Waals surface area contributed by atoms with Crippen LogP contribution in [0.3, 0.4) is 0 Å². The first-order chi connectivity index (χ1) is 9.78. The van der Waals surface area contributed by atoms with E-state index in [9.17, 15) is 4.79 Å². The Bertz CT molecular complexity index is 607. The van der Waals surface area contributed by atoms with Crippen molar-refractivity contribution in [2.24, 2.45) is 17.1 Å². The Kier molecular flexibility index (Phi) is 3.60. The SMILES string of the molecule is CC1(C)C2OCCC2C1(N)C(=O)Nc1ccc(Cl)c(Br)c1. The van der Waals surface area contributed by atoms with Gasteiger partial charge in [0.05, 0.1) is 11.1 Å². The lowest BCUT2D eigenvalue weighted by molar-refractivity contribution is -0.170. The summed E-state index contributed by atoms with van der Waals surface area (Å²) >= 11 is 9.31. The molecule has 1 saturated heterocycles. The molecule has 0 bridgehead atoms. The lowest BCUT2D eigenvalue weighted by atomic mass is 9.48. The van der Waals surface area contributed by atoms with Gasteiger partial charge in [-0.25, -0.2) is 0 Å². The number of carbonyl (C=O) groups excluding carboxylic acids is 1. The number of halogens is 2. The summed E-state index contributed by atoms with van der Waals surface area (Å²) < 4.78 is 6.45. The molecule has 1 saturated carbocycles. The molecular formula is C15H18BrClN2O2. The molecule has 3 N–H and O–H groups in total. The number of benzene rings is 1. The summed E-state index contributed by atoms with van der Waals surface area (Å²) in [5.41, 5.74) is 5.90. The molecule has 0 radical (unpaired) electrons. The van der Waals surface area contributed by atoms with Crippen LogP contribution in [0.25, 0.3) is 0 Å². The predicted octanol–water partition coefficient (Wildman–Crippen LogP) is 3.18. The minimum absolute atomic E-state index is 0.0743. The topological polar surface area (TPSA) is 64.3 Å². The van der Waals surface area contributed by atoms with Crippen molar-refractivity contribution in [2.75, 3.05) is 11.9 Å². The molecule has 6 heteroatoms. The Labute approximate surface area is 137 Å². The molecule has 1 heterocycles. The van der Waals surface area contributed by atoms with Crippen molar-refractivity contribution < 1.29 is 9.53 Å². The molecule has 0 aromatic heterocycles. The zero-order valence-electron chi connectivity index (χ0n) is 12.0. The number of amides is 1. The van der Waals surface area contributed by atoms with Gasteiger partial charge in [-0.3, -0.25) is 4.79 Å². The van der Waals surface area contributed by atoms with Gasteiger partial charge in [-0.2, -0.15) is 0 Å². The van der Waals surface area contributed by atoms with Gasteiger partial charge in [0, 0.05) is 28.1 Å². The van der Waals surface area contributed by atoms with Crippen LogP contribution in [0.15, 0.2) is 22.7 Å². The van der Waals surface area contributed by atoms with E-state index >= 15 is 0 Å². The highest BCUT2D eigenvalue weighted by atomic mass is 79.9. The second kappa shape index (κ2) is 4.95. The number of rotatable bonds is 2. The van der Waals surface area contributed by atoms with Gasteiger partial charge in [-0.05, 0) is 40.5 Å². The number of fused-ring (bicyclic) bond motifs is 1. The maximum atomic E-state index is 12.7. The molecule has 1 aromatic rings. The second-order valence-corrected chi connectivity index (χ2v) is 7.62. The van der Waals surface area contributed by atoms with Gasteiger partial charge in [0.2, 0.25) is 5.91 Å². The van der Waals surface area contributed by atoms with Gasteiger partial charge < -0.3 is 15.8 Å². The molecule has 1 aliphatic carbocycles. The summed E-state index contributed by atoms with van der Waals surface area (Å²) in [7, 11) is 0. The van der Waals surface area contributed by atoms with Crippen LogP contribution in [-0.4, -0.2) is 24.2 Å². The van der Waals surface area contributed by atoms with E-state index in [-0.39, 0.29) is 23.3 Å². The molecule has 2 fully saturated rings. The molecular weight excluding hydrogens is 356 g/mol. The van der Waals surface area contributed by atoms with Gasteiger partial charge >= 0.3 is 0 Å². The average molecular weight is 374 g/mol. The minimum Gasteiger partial charge on any atom is -0.377 e. The molecule has 3 unspecified atom stereocenters. The fourth-order valence-electron chi connectivity index (χ4n) is 3.65. The zero-order valence-corrected chi connectivity index (χ0v) is 14.3. The fourth-order valence-corrected chi connectivity index (χ4v) is 4.15. The molecule has 3 atom stereocenters.